The molecule has 2 aliphatic rings. The highest BCUT2D eigenvalue weighted by atomic mass is 35.5. The molecule has 34 heavy (non-hydrogen) atoms. The van der Waals surface area contributed by atoms with Gasteiger partial charge in [0.1, 0.15) is 30.0 Å². The van der Waals surface area contributed by atoms with Gasteiger partial charge in [0.25, 0.3) is 0 Å². The molecule has 0 spiro atoms. The second kappa shape index (κ2) is 10.1. The van der Waals surface area contributed by atoms with Crippen LogP contribution in [0.25, 0.3) is 10.2 Å². The SMILES string of the molecule is CCOC(=O)OC1CCN(c2nc(NCc3ccc4c(c3)OCCO4)c3cc(Cl)sc3n2)CC1. The zero-order chi connectivity index (χ0) is 23.5. The van der Waals surface area contributed by atoms with E-state index in [0.717, 1.165) is 33.1 Å². The first-order chi connectivity index (χ1) is 16.6. The summed E-state index contributed by atoms with van der Waals surface area (Å²) < 4.78 is 22.2. The third kappa shape index (κ3) is 5.07. The zero-order valence-corrected chi connectivity index (χ0v) is 20.3. The summed E-state index contributed by atoms with van der Waals surface area (Å²) in [5, 5.41) is 4.33. The van der Waals surface area contributed by atoms with Crippen molar-refractivity contribution in [3.63, 3.8) is 0 Å². The van der Waals surface area contributed by atoms with Crippen molar-refractivity contribution in [3.05, 3.63) is 34.2 Å². The fourth-order valence-corrected chi connectivity index (χ4v) is 5.08. The molecule has 1 saturated heterocycles. The fourth-order valence-electron chi connectivity index (χ4n) is 4.00. The third-order valence-corrected chi connectivity index (χ3v) is 6.83. The van der Waals surface area contributed by atoms with Gasteiger partial charge in [-0.25, -0.2) is 9.78 Å². The summed E-state index contributed by atoms with van der Waals surface area (Å²) in [4.78, 5) is 24.1. The molecule has 2 aliphatic heterocycles. The quantitative estimate of drug-likeness (QED) is 0.471. The van der Waals surface area contributed by atoms with E-state index in [4.69, 9.17) is 40.5 Å². The lowest BCUT2D eigenvalue weighted by molar-refractivity contribution is 0.0183. The second-order valence-corrected chi connectivity index (χ2v) is 9.62. The highest BCUT2D eigenvalue weighted by Crippen LogP contribution is 2.35. The summed E-state index contributed by atoms with van der Waals surface area (Å²) in [6.45, 7) is 5.09. The number of hydrogen-bond acceptors (Lipinski definition) is 10. The Kier molecular flexibility index (Phi) is 6.77. The van der Waals surface area contributed by atoms with Gasteiger partial charge in [0.15, 0.2) is 11.5 Å². The molecule has 0 atom stereocenters. The first-order valence-corrected chi connectivity index (χ1v) is 12.5. The van der Waals surface area contributed by atoms with Crippen molar-refractivity contribution in [2.75, 3.05) is 43.1 Å². The van der Waals surface area contributed by atoms with Crippen LogP contribution in [0.2, 0.25) is 4.34 Å². The molecule has 1 fully saturated rings. The summed E-state index contributed by atoms with van der Waals surface area (Å²) in [5.74, 6) is 2.88. The maximum atomic E-state index is 11.6. The number of halogens is 1. The fraction of sp³-hybridized carbons (Fsp3) is 0.435. The molecule has 0 aliphatic carbocycles. The molecular weight excluding hydrogens is 480 g/mol. The molecule has 0 unspecified atom stereocenters. The maximum Gasteiger partial charge on any atom is 0.508 e. The lowest BCUT2D eigenvalue weighted by Gasteiger charge is -2.31. The topological polar surface area (TPSA) is 95.0 Å². The highest BCUT2D eigenvalue weighted by Gasteiger charge is 2.25. The summed E-state index contributed by atoms with van der Waals surface area (Å²) >= 11 is 7.73. The van der Waals surface area contributed by atoms with Gasteiger partial charge in [-0.1, -0.05) is 17.7 Å². The van der Waals surface area contributed by atoms with Crippen molar-refractivity contribution >= 4 is 51.1 Å². The maximum absolute atomic E-state index is 11.6. The Labute approximate surface area is 205 Å². The van der Waals surface area contributed by atoms with Crippen LogP contribution in [0.15, 0.2) is 24.3 Å². The molecule has 180 valence electrons. The van der Waals surface area contributed by atoms with Gasteiger partial charge in [0, 0.05) is 32.5 Å². The molecule has 3 aromatic rings. The van der Waals surface area contributed by atoms with E-state index < -0.39 is 6.16 Å². The first-order valence-electron chi connectivity index (χ1n) is 11.3. The summed E-state index contributed by atoms with van der Waals surface area (Å²) in [6.07, 6.45) is 0.594. The van der Waals surface area contributed by atoms with Crippen LogP contribution in [-0.2, 0) is 16.0 Å². The number of carbonyl (C=O) groups is 1. The minimum Gasteiger partial charge on any atom is -0.486 e. The minimum atomic E-state index is -0.613. The smallest absolute Gasteiger partial charge is 0.486 e. The number of carbonyl (C=O) groups excluding carboxylic acids is 1. The van der Waals surface area contributed by atoms with Crippen LogP contribution >= 0.6 is 22.9 Å². The minimum absolute atomic E-state index is 0.164. The predicted molar refractivity (Wildman–Crippen MR) is 131 cm³/mol. The zero-order valence-electron chi connectivity index (χ0n) is 18.7. The highest BCUT2D eigenvalue weighted by molar-refractivity contribution is 7.22. The third-order valence-electron chi connectivity index (χ3n) is 5.67. The predicted octanol–water partition coefficient (Wildman–Crippen LogP) is 4.87. The molecule has 9 nitrogen and oxygen atoms in total. The van der Waals surface area contributed by atoms with Crippen LogP contribution in [0, 0.1) is 0 Å². The van der Waals surface area contributed by atoms with Crippen LogP contribution in [-0.4, -0.2) is 55.1 Å². The Balaban J connectivity index is 1.30. The van der Waals surface area contributed by atoms with Crippen LogP contribution in [0.4, 0.5) is 16.6 Å². The molecular formula is C23H25ClN4O5S. The second-order valence-electron chi connectivity index (χ2n) is 7.96. The van der Waals surface area contributed by atoms with Crippen LogP contribution in [0.5, 0.6) is 11.5 Å². The number of aromatic nitrogens is 2. The van der Waals surface area contributed by atoms with Gasteiger partial charge in [-0.2, -0.15) is 4.98 Å². The van der Waals surface area contributed by atoms with Crippen molar-refractivity contribution in [1.29, 1.82) is 0 Å². The van der Waals surface area contributed by atoms with Gasteiger partial charge in [-0.15, -0.1) is 11.3 Å². The van der Waals surface area contributed by atoms with Gasteiger partial charge < -0.3 is 29.2 Å². The van der Waals surface area contributed by atoms with E-state index in [1.54, 1.807) is 6.92 Å². The Morgan fingerprint density at radius 1 is 1.21 bits per heavy atom. The summed E-state index contributed by atoms with van der Waals surface area (Å²) in [7, 11) is 0. The van der Waals surface area contributed by atoms with Crippen molar-refractivity contribution in [2.45, 2.75) is 32.4 Å². The number of ether oxygens (including phenoxy) is 4. The van der Waals surface area contributed by atoms with E-state index in [2.05, 4.69) is 10.2 Å². The van der Waals surface area contributed by atoms with E-state index in [-0.39, 0.29) is 6.10 Å². The average Bonchev–Trinajstić information content (AvgIpc) is 3.23. The molecule has 0 amide bonds. The standard InChI is InChI=1S/C23H25ClN4O5S/c1-2-30-23(29)33-15-5-7-28(8-6-15)22-26-20(16-12-19(24)34-21(16)27-22)25-13-14-3-4-17-18(11-14)32-10-9-31-17/h3-4,11-12,15H,2,5-10,13H2,1H3,(H,25,26,27). The number of piperidine rings is 1. The number of rotatable bonds is 6. The van der Waals surface area contributed by atoms with Gasteiger partial charge in [-0.05, 0) is 30.7 Å². The number of hydrogen-bond donors (Lipinski definition) is 1. The Bertz CT molecular complexity index is 1180. The lowest BCUT2D eigenvalue weighted by Crippen LogP contribution is -2.39. The van der Waals surface area contributed by atoms with E-state index in [0.29, 0.717) is 62.6 Å². The summed E-state index contributed by atoms with van der Waals surface area (Å²) in [5.41, 5.74) is 1.05. The number of nitrogens with zero attached hydrogens (tertiary/aromatic N) is 3. The van der Waals surface area contributed by atoms with E-state index in [1.165, 1.54) is 11.3 Å². The normalized spacial score (nSPS) is 15.9. The van der Waals surface area contributed by atoms with E-state index in [9.17, 15) is 4.79 Å². The lowest BCUT2D eigenvalue weighted by atomic mass is 10.1. The molecule has 1 N–H and O–H groups in total. The molecule has 0 saturated carbocycles. The molecule has 4 heterocycles. The summed E-state index contributed by atoms with van der Waals surface area (Å²) in [6, 6.07) is 7.80. The van der Waals surface area contributed by atoms with Gasteiger partial charge >= 0.3 is 6.16 Å². The van der Waals surface area contributed by atoms with E-state index in [1.807, 2.05) is 24.3 Å². The van der Waals surface area contributed by atoms with Crippen molar-refractivity contribution < 1.29 is 23.7 Å². The molecule has 0 radical (unpaired) electrons. The van der Waals surface area contributed by atoms with Gasteiger partial charge in [0.2, 0.25) is 5.95 Å². The number of benzene rings is 1. The number of fused-ring (bicyclic) bond motifs is 2. The molecule has 5 rings (SSSR count). The van der Waals surface area contributed by atoms with Crippen molar-refractivity contribution in [3.8, 4) is 11.5 Å². The Morgan fingerprint density at radius 3 is 2.79 bits per heavy atom. The number of anilines is 2. The van der Waals surface area contributed by atoms with Crippen LogP contribution < -0.4 is 19.7 Å². The van der Waals surface area contributed by atoms with Crippen molar-refractivity contribution in [2.24, 2.45) is 0 Å². The van der Waals surface area contributed by atoms with Crippen molar-refractivity contribution in [1.82, 2.24) is 9.97 Å². The average molecular weight is 505 g/mol. The molecule has 0 bridgehead atoms. The van der Waals surface area contributed by atoms with Gasteiger partial charge in [-0.3, -0.25) is 0 Å². The van der Waals surface area contributed by atoms with Crippen LogP contribution in [0.3, 0.4) is 0 Å². The van der Waals surface area contributed by atoms with E-state index >= 15 is 0 Å². The molecule has 1 aromatic carbocycles. The molecule has 11 heteroatoms. The largest absolute Gasteiger partial charge is 0.508 e. The monoisotopic (exact) mass is 504 g/mol. The number of nitrogens with one attached hydrogen (secondary N) is 1. The molecule has 2 aromatic heterocycles. The van der Waals surface area contributed by atoms with Crippen LogP contribution in [0.1, 0.15) is 25.3 Å². The Hall–Kier alpha value is -2.98. The number of thiophene rings is 1. The first kappa shape index (κ1) is 22.8. The van der Waals surface area contributed by atoms with Gasteiger partial charge in [0.05, 0.1) is 16.3 Å². The Morgan fingerprint density at radius 2 is 2.00 bits per heavy atom.